The zero-order chi connectivity index (χ0) is 26.0. The van der Waals surface area contributed by atoms with Gasteiger partial charge in [0.15, 0.2) is 0 Å². The first-order valence-corrected chi connectivity index (χ1v) is 12.4. The zero-order valence-corrected chi connectivity index (χ0v) is 20.8. The number of carbonyl (C=O) groups excluding carboxylic acids is 1. The maximum atomic E-state index is 11.6. The smallest absolute Gasteiger partial charge is 0.225 e. The molecule has 0 unspecified atom stereocenters. The van der Waals surface area contributed by atoms with Crippen molar-refractivity contribution in [1.29, 1.82) is 0 Å². The van der Waals surface area contributed by atoms with E-state index in [1.807, 2.05) is 109 Å². The Morgan fingerprint density at radius 1 is 0.553 bits per heavy atom. The van der Waals surface area contributed by atoms with Crippen LogP contribution < -0.4 is 14.2 Å². The van der Waals surface area contributed by atoms with Crippen LogP contribution in [0.2, 0.25) is 0 Å². The molecule has 4 aromatic carbocycles. The summed E-state index contributed by atoms with van der Waals surface area (Å²) in [4.78, 5) is 16.3. The molecule has 5 nitrogen and oxygen atoms in total. The van der Waals surface area contributed by atoms with E-state index in [-0.39, 0.29) is 0 Å². The highest BCUT2D eigenvalue weighted by atomic mass is 16.5. The molecule has 0 fully saturated rings. The zero-order valence-electron chi connectivity index (χ0n) is 20.8. The second-order valence-electron chi connectivity index (χ2n) is 8.70. The lowest BCUT2D eigenvalue weighted by atomic mass is 10.0. The molecule has 5 aromatic rings. The molecule has 0 amide bonds. The SMILES string of the molecule is O=Cc1ccc(OCc2ccccc2)c(-c2ccc(OCc3ccccc3)nc2OCc2ccccc2)c1. The Kier molecular flexibility index (Phi) is 8.07. The molecule has 1 aromatic heterocycles. The van der Waals surface area contributed by atoms with Crippen molar-refractivity contribution in [3.8, 4) is 28.6 Å². The van der Waals surface area contributed by atoms with Crippen LogP contribution in [0.5, 0.6) is 17.5 Å². The average Bonchev–Trinajstić information content (AvgIpc) is 2.99. The van der Waals surface area contributed by atoms with Crippen molar-refractivity contribution in [1.82, 2.24) is 4.98 Å². The number of hydrogen-bond donors (Lipinski definition) is 0. The molecule has 0 aliphatic rings. The van der Waals surface area contributed by atoms with Crippen LogP contribution in [-0.4, -0.2) is 11.3 Å². The molecule has 0 radical (unpaired) electrons. The van der Waals surface area contributed by atoms with E-state index in [2.05, 4.69) is 0 Å². The molecule has 0 atom stereocenters. The first-order valence-electron chi connectivity index (χ1n) is 12.4. The summed E-state index contributed by atoms with van der Waals surface area (Å²) < 4.78 is 18.4. The van der Waals surface area contributed by atoms with Crippen LogP contribution in [0, 0.1) is 0 Å². The molecular formula is C33H27NO4. The number of pyridine rings is 1. The predicted molar refractivity (Wildman–Crippen MR) is 147 cm³/mol. The van der Waals surface area contributed by atoms with Gasteiger partial charge in [-0.15, -0.1) is 0 Å². The molecule has 38 heavy (non-hydrogen) atoms. The number of nitrogens with zero attached hydrogens (tertiary/aromatic N) is 1. The van der Waals surface area contributed by atoms with Gasteiger partial charge in [-0.05, 0) is 41.0 Å². The number of hydrogen-bond acceptors (Lipinski definition) is 5. The van der Waals surface area contributed by atoms with Gasteiger partial charge in [0.05, 0.1) is 0 Å². The maximum absolute atomic E-state index is 11.6. The second kappa shape index (κ2) is 12.4. The van der Waals surface area contributed by atoms with Crippen molar-refractivity contribution in [2.45, 2.75) is 19.8 Å². The van der Waals surface area contributed by atoms with Crippen molar-refractivity contribution in [3.05, 3.63) is 144 Å². The van der Waals surface area contributed by atoms with E-state index < -0.39 is 0 Å². The first-order chi connectivity index (χ1) is 18.8. The molecule has 0 spiro atoms. The van der Waals surface area contributed by atoms with Gasteiger partial charge in [0.25, 0.3) is 0 Å². The normalized spacial score (nSPS) is 10.5. The summed E-state index contributed by atoms with van der Waals surface area (Å²) in [6, 6.07) is 38.8. The lowest BCUT2D eigenvalue weighted by molar-refractivity contribution is 0.112. The van der Waals surface area contributed by atoms with E-state index in [9.17, 15) is 4.79 Å². The van der Waals surface area contributed by atoms with Crippen LogP contribution in [0.3, 0.4) is 0 Å². The van der Waals surface area contributed by atoms with Crippen LogP contribution in [0.1, 0.15) is 27.0 Å². The highest BCUT2D eigenvalue weighted by molar-refractivity contribution is 5.83. The number of ether oxygens (including phenoxy) is 3. The molecule has 5 rings (SSSR count). The van der Waals surface area contributed by atoms with E-state index in [0.717, 1.165) is 28.5 Å². The molecule has 1 heterocycles. The molecule has 0 bridgehead atoms. The highest BCUT2D eigenvalue weighted by Gasteiger charge is 2.17. The second-order valence-corrected chi connectivity index (χ2v) is 8.70. The summed E-state index contributed by atoms with van der Waals surface area (Å²) in [5, 5.41) is 0. The fourth-order valence-corrected chi connectivity index (χ4v) is 3.97. The van der Waals surface area contributed by atoms with E-state index in [1.165, 1.54) is 0 Å². The van der Waals surface area contributed by atoms with Crippen LogP contribution in [0.25, 0.3) is 11.1 Å². The van der Waals surface area contributed by atoms with Crippen molar-refractivity contribution >= 4 is 6.29 Å². The fraction of sp³-hybridized carbons (Fsp3) is 0.0909. The van der Waals surface area contributed by atoms with Gasteiger partial charge in [0.1, 0.15) is 31.9 Å². The minimum atomic E-state index is 0.330. The minimum absolute atomic E-state index is 0.330. The Bertz CT molecular complexity index is 1470. The van der Waals surface area contributed by atoms with E-state index in [4.69, 9.17) is 19.2 Å². The van der Waals surface area contributed by atoms with Crippen molar-refractivity contribution in [2.75, 3.05) is 0 Å². The van der Waals surface area contributed by atoms with Gasteiger partial charge in [-0.3, -0.25) is 4.79 Å². The molecule has 0 saturated carbocycles. The van der Waals surface area contributed by atoms with E-state index in [1.54, 1.807) is 12.1 Å². The van der Waals surface area contributed by atoms with Gasteiger partial charge in [-0.1, -0.05) is 91.0 Å². The Labute approximate surface area is 222 Å². The maximum Gasteiger partial charge on any atom is 0.225 e. The van der Waals surface area contributed by atoms with Crippen LogP contribution in [-0.2, 0) is 19.8 Å². The summed E-state index contributed by atoms with van der Waals surface area (Å²) in [6.45, 7) is 1.11. The number of benzene rings is 4. The summed E-state index contributed by atoms with van der Waals surface area (Å²) >= 11 is 0. The minimum Gasteiger partial charge on any atom is -0.488 e. The average molecular weight is 502 g/mol. The van der Waals surface area contributed by atoms with Crippen molar-refractivity contribution in [2.24, 2.45) is 0 Å². The van der Waals surface area contributed by atoms with Gasteiger partial charge < -0.3 is 14.2 Å². The lowest BCUT2D eigenvalue weighted by Crippen LogP contribution is -2.03. The molecular weight excluding hydrogens is 474 g/mol. The summed E-state index contributed by atoms with van der Waals surface area (Å²) in [5.41, 5.74) is 5.06. The van der Waals surface area contributed by atoms with Crippen LogP contribution in [0.4, 0.5) is 0 Å². The Morgan fingerprint density at radius 3 is 1.68 bits per heavy atom. The summed E-state index contributed by atoms with van der Waals surface area (Å²) in [5.74, 6) is 1.47. The third kappa shape index (κ3) is 6.45. The van der Waals surface area contributed by atoms with E-state index >= 15 is 0 Å². The molecule has 0 aliphatic carbocycles. The summed E-state index contributed by atoms with van der Waals surface area (Å²) in [6.07, 6.45) is 0.819. The van der Waals surface area contributed by atoms with E-state index in [0.29, 0.717) is 48.5 Å². The van der Waals surface area contributed by atoms with Gasteiger partial charge in [-0.2, -0.15) is 4.98 Å². The Morgan fingerprint density at radius 2 is 1.11 bits per heavy atom. The molecule has 188 valence electrons. The lowest BCUT2D eigenvalue weighted by Gasteiger charge is -2.17. The highest BCUT2D eigenvalue weighted by Crippen LogP contribution is 2.38. The van der Waals surface area contributed by atoms with Gasteiger partial charge in [-0.25, -0.2) is 0 Å². The largest absolute Gasteiger partial charge is 0.488 e. The standard InChI is InChI=1S/C33H27NO4/c35-21-28-16-18-31(36-22-25-10-4-1-5-11-25)30(20-28)29-17-19-32(37-23-26-12-6-2-7-13-26)34-33(29)38-24-27-14-8-3-9-15-27/h1-21H,22-24H2. The predicted octanol–water partition coefficient (Wildman–Crippen LogP) is 7.30. The van der Waals surface area contributed by atoms with Gasteiger partial charge in [0, 0.05) is 22.8 Å². The molecule has 0 saturated heterocycles. The van der Waals surface area contributed by atoms with Crippen LogP contribution in [0.15, 0.2) is 121 Å². The number of aldehydes is 1. The van der Waals surface area contributed by atoms with Gasteiger partial charge in [0.2, 0.25) is 11.8 Å². The first kappa shape index (κ1) is 24.8. The van der Waals surface area contributed by atoms with Crippen molar-refractivity contribution < 1.29 is 19.0 Å². The van der Waals surface area contributed by atoms with Gasteiger partial charge >= 0.3 is 0 Å². The molecule has 0 aliphatic heterocycles. The summed E-state index contributed by atoms with van der Waals surface area (Å²) in [7, 11) is 0. The fourth-order valence-electron chi connectivity index (χ4n) is 3.97. The third-order valence-corrected chi connectivity index (χ3v) is 5.95. The molecule has 0 N–H and O–H groups in total. The Balaban J connectivity index is 1.47. The number of carbonyl (C=O) groups is 1. The van der Waals surface area contributed by atoms with Crippen LogP contribution >= 0.6 is 0 Å². The Hall–Kier alpha value is -4.90. The van der Waals surface area contributed by atoms with Crippen molar-refractivity contribution in [3.63, 3.8) is 0 Å². The molecule has 5 heteroatoms. The monoisotopic (exact) mass is 501 g/mol. The topological polar surface area (TPSA) is 57.7 Å². The quantitative estimate of drug-likeness (QED) is 0.178. The third-order valence-electron chi connectivity index (χ3n) is 5.95. The number of aromatic nitrogens is 1. The number of rotatable bonds is 11.